The second-order valence-electron chi connectivity index (χ2n) is 11.0. The van der Waals surface area contributed by atoms with Crippen LogP contribution < -0.4 is 26.0 Å². The van der Waals surface area contributed by atoms with E-state index in [0.29, 0.717) is 19.3 Å². The third kappa shape index (κ3) is 9.11. The van der Waals surface area contributed by atoms with Crippen molar-refractivity contribution in [3.05, 3.63) is 17.7 Å². The van der Waals surface area contributed by atoms with Crippen molar-refractivity contribution in [3.8, 4) is 11.5 Å². The van der Waals surface area contributed by atoms with Crippen LogP contribution in [0.3, 0.4) is 0 Å². The molecule has 2 rings (SSSR count). The molecule has 242 valence electrons. The quantitative estimate of drug-likeness (QED) is 0.140. The highest BCUT2D eigenvalue weighted by Gasteiger charge is 2.44. The Morgan fingerprint density at radius 2 is 1.81 bits per heavy atom. The van der Waals surface area contributed by atoms with Crippen molar-refractivity contribution in [1.82, 2.24) is 21.3 Å². The Morgan fingerprint density at radius 1 is 1.14 bits per heavy atom. The average molecular weight is 629 g/mol. The number of carbonyl (C=O) groups is 4. The molecule has 0 saturated carbocycles. The zero-order chi connectivity index (χ0) is 32.5. The van der Waals surface area contributed by atoms with Gasteiger partial charge in [-0.15, -0.1) is 0 Å². The molecule has 0 fully saturated rings. The summed E-state index contributed by atoms with van der Waals surface area (Å²) in [6.45, 7) is 5.73. The molecule has 1 aromatic rings. The Labute approximate surface area is 253 Å². The number of carboxylic acids is 1. The smallest absolute Gasteiger partial charge is 0.322 e. The fourth-order valence-electron chi connectivity index (χ4n) is 4.68. The Morgan fingerprint density at radius 3 is 2.37 bits per heavy atom. The van der Waals surface area contributed by atoms with Crippen molar-refractivity contribution >= 4 is 34.5 Å². The maximum Gasteiger partial charge on any atom is 0.322 e. The number of aliphatic hydroxyl groups is 2. The minimum atomic E-state index is -1.73. The lowest BCUT2D eigenvalue weighted by molar-refractivity contribution is -0.141. The summed E-state index contributed by atoms with van der Waals surface area (Å²) in [6, 6.07) is -1.58. The largest absolute Gasteiger partial charge is 0.504 e. The molecular weight excluding hydrogens is 584 g/mol. The maximum atomic E-state index is 13.5. The molecule has 43 heavy (non-hydrogen) atoms. The molecule has 0 spiro atoms. The van der Waals surface area contributed by atoms with Crippen molar-refractivity contribution in [2.24, 2.45) is 5.92 Å². The van der Waals surface area contributed by atoms with Crippen LogP contribution in [-0.2, 0) is 30.0 Å². The number of rotatable bonds is 12. The normalized spacial score (nSPS) is 25.3. The van der Waals surface area contributed by atoms with Crippen LogP contribution in [0.4, 0.5) is 0 Å². The van der Waals surface area contributed by atoms with Crippen molar-refractivity contribution < 1.29 is 48.6 Å². The van der Waals surface area contributed by atoms with Crippen LogP contribution in [0.5, 0.6) is 11.5 Å². The molecule has 3 amide bonds. The van der Waals surface area contributed by atoms with Gasteiger partial charge in [-0.3, -0.25) is 23.4 Å². The van der Waals surface area contributed by atoms with E-state index in [1.807, 2.05) is 0 Å². The number of unbranched alkanes of at least 4 members (excludes halogenated alkanes) is 2. The summed E-state index contributed by atoms with van der Waals surface area (Å²) in [6.07, 6.45) is 0.0813. The van der Waals surface area contributed by atoms with Crippen LogP contribution in [-0.4, -0.2) is 98.0 Å². The molecule has 15 heteroatoms. The first-order valence-electron chi connectivity index (χ1n) is 14.2. The van der Waals surface area contributed by atoms with Crippen LogP contribution in [0.25, 0.3) is 0 Å². The Hall–Kier alpha value is -3.27. The number of fused-ring (bicyclic) bond motifs is 2. The fourth-order valence-corrected chi connectivity index (χ4v) is 6.05. The van der Waals surface area contributed by atoms with Gasteiger partial charge in [0.1, 0.15) is 36.4 Å². The van der Waals surface area contributed by atoms with Gasteiger partial charge in [-0.05, 0) is 45.2 Å². The van der Waals surface area contributed by atoms with E-state index in [2.05, 4.69) is 21.3 Å². The zero-order valence-corrected chi connectivity index (χ0v) is 26.0. The molecule has 1 aliphatic heterocycles. The van der Waals surface area contributed by atoms with E-state index in [1.165, 1.54) is 26.1 Å². The number of carboxylic acid groups (broad SMARTS) is 1. The summed E-state index contributed by atoms with van der Waals surface area (Å²) < 4.78 is 19.5. The summed E-state index contributed by atoms with van der Waals surface area (Å²) in [5.74, 6) is -4.72. The molecule has 1 aliphatic rings. The number of hydrogen-bond acceptors (Lipinski definition) is 10. The van der Waals surface area contributed by atoms with E-state index in [1.54, 1.807) is 20.8 Å². The van der Waals surface area contributed by atoms with Crippen molar-refractivity contribution in [3.63, 3.8) is 0 Å². The van der Waals surface area contributed by atoms with Crippen molar-refractivity contribution in [2.45, 2.75) is 88.1 Å². The zero-order valence-electron chi connectivity index (χ0n) is 25.1. The molecule has 0 aliphatic carbocycles. The summed E-state index contributed by atoms with van der Waals surface area (Å²) in [4.78, 5) is 51.5. The van der Waals surface area contributed by atoms with Gasteiger partial charge in [0.2, 0.25) is 17.7 Å². The fraction of sp³-hybridized carbons (Fsp3) is 0.643. The first-order chi connectivity index (χ1) is 20.2. The number of aromatic hydroxyl groups is 1. The number of phenols is 1. The molecule has 0 aromatic heterocycles. The second kappa shape index (κ2) is 16.0. The molecule has 14 nitrogen and oxygen atoms in total. The minimum Gasteiger partial charge on any atom is -0.504 e. The third-order valence-corrected chi connectivity index (χ3v) is 8.92. The van der Waals surface area contributed by atoms with Gasteiger partial charge < -0.3 is 46.4 Å². The van der Waals surface area contributed by atoms with Gasteiger partial charge >= 0.3 is 5.97 Å². The second-order valence-corrected chi connectivity index (χ2v) is 12.5. The number of ether oxygens (including phenoxy) is 1. The number of nitrogens with one attached hydrogen (secondary N) is 4. The highest BCUT2D eigenvalue weighted by Crippen LogP contribution is 2.39. The SMILES string of the molecule is CC[C@@]1(C)Oc2cc(c(S(=O)CCCCCO)cc2O)[C@@H](O)[C@H](NC)C(=O)N[C@@H](C(C)C)C(=O)NC1C(=O)NCC(=O)O. The van der Waals surface area contributed by atoms with E-state index in [0.717, 1.165) is 0 Å². The predicted octanol–water partition coefficient (Wildman–Crippen LogP) is -0.329. The number of phenolic OH excluding ortho intramolecular Hbond substituents is 1. The average Bonchev–Trinajstić information content (AvgIpc) is 2.95. The Balaban J connectivity index is 2.76. The lowest BCUT2D eigenvalue weighted by Crippen LogP contribution is -2.65. The molecule has 1 heterocycles. The number of amides is 3. The molecule has 0 saturated heterocycles. The molecule has 8 N–H and O–H groups in total. The third-order valence-electron chi connectivity index (χ3n) is 7.42. The van der Waals surface area contributed by atoms with Crippen LogP contribution >= 0.6 is 0 Å². The molecule has 6 atom stereocenters. The topological polar surface area (TPSA) is 224 Å². The molecule has 2 bridgehead atoms. The van der Waals surface area contributed by atoms with Crippen LogP contribution in [0, 0.1) is 5.92 Å². The summed E-state index contributed by atoms with van der Waals surface area (Å²) in [5.41, 5.74) is -1.56. The number of benzene rings is 1. The van der Waals surface area contributed by atoms with Gasteiger partial charge in [-0.25, -0.2) is 0 Å². The number of hydrogen-bond donors (Lipinski definition) is 8. The standard InChI is InChI=1S/C28H44N4O10S/c1-6-28(4)24(27(40)30-14-20(35)36)32-25(38)21(15(2)3)31-26(39)22(29-5)23(37)16-12-18(42-28)17(34)13-19(16)43(41)11-9-7-8-10-33/h12-13,15,21-24,29,33-34,37H,6-11,14H2,1-5H3,(H,30,40)(H,31,39)(H,32,38)(H,35,36)/t21-,22-,23+,24?,28+,43?/m0/s1. The summed E-state index contributed by atoms with van der Waals surface area (Å²) in [7, 11) is -0.305. The molecule has 0 radical (unpaired) electrons. The Bertz CT molecular complexity index is 1200. The van der Waals surface area contributed by atoms with E-state index in [4.69, 9.17) is 14.9 Å². The lowest BCUT2D eigenvalue weighted by atomic mass is 9.91. The summed E-state index contributed by atoms with van der Waals surface area (Å²) in [5, 5.41) is 50.8. The van der Waals surface area contributed by atoms with E-state index in [-0.39, 0.29) is 35.0 Å². The number of aliphatic hydroxyl groups excluding tert-OH is 2. The van der Waals surface area contributed by atoms with Crippen LogP contribution in [0.15, 0.2) is 17.0 Å². The molecule has 2 unspecified atom stereocenters. The predicted molar refractivity (Wildman–Crippen MR) is 157 cm³/mol. The van der Waals surface area contributed by atoms with Gasteiger partial charge in [0, 0.05) is 28.9 Å². The van der Waals surface area contributed by atoms with Gasteiger partial charge in [-0.1, -0.05) is 27.2 Å². The monoisotopic (exact) mass is 628 g/mol. The maximum absolute atomic E-state index is 13.5. The first kappa shape index (κ1) is 35.9. The number of carbonyl (C=O) groups excluding carboxylic acids is 3. The van der Waals surface area contributed by atoms with Gasteiger partial charge in [-0.2, -0.15) is 0 Å². The molecular formula is C28H44N4O10S. The van der Waals surface area contributed by atoms with Crippen LogP contribution in [0.2, 0.25) is 0 Å². The number of aliphatic carboxylic acids is 1. The highest BCUT2D eigenvalue weighted by molar-refractivity contribution is 7.85. The number of likely N-dealkylation sites (N-methyl/N-ethyl adjacent to an activating group) is 1. The van der Waals surface area contributed by atoms with E-state index >= 15 is 0 Å². The lowest BCUT2D eigenvalue weighted by Gasteiger charge is -2.38. The first-order valence-corrected chi connectivity index (χ1v) is 15.5. The van der Waals surface area contributed by atoms with E-state index < -0.39 is 82.5 Å². The minimum absolute atomic E-state index is 0.0113. The van der Waals surface area contributed by atoms with Gasteiger partial charge in [0.25, 0.3) is 0 Å². The van der Waals surface area contributed by atoms with Crippen LogP contribution in [0.1, 0.15) is 65.0 Å². The summed E-state index contributed by atoms with van der Waals surface area (Å²) >= 11 is 0. The van der Waals surface area contributed by atoms with E-state index in [9.17, 15) is 33.6 Å². The highest BCUT2D eigenvalue weighted by atomic mass is 32.2. The Kier molecular flexibility index (Phi) is 13.4. The van der Waals surface area contributed by atoms with Crippen molar-refractivity contribution in [1.29, 1.82) is 0 Å². The molecule has 1 aromatic carbocycles. The van der Waals surface area contributed by atoms with Crippen molar-refractivity contribution in [2.75, 3.05) is 26.0 Å². The van der Waals surface area contributed by atoms with Gasteiger partial charge in [0.15, 0.2) is 11.5 Å². The van der Waals surface area contributed by atoms with Gasteiger partial charge in [0.05, 0.1) is 10.8 Å².